The highest BCUT2D eigenvalue weighted by atomic mass is 32.2. The van der Waals surface area contributed by atoms with Crippen molar-refractivity contribution in [3.05, 3.63) is 12.2 Å². The van der Waals surface area contributed by atoms with Gasteiger partial charge in [-0.3, -0.25) is 14.4 Å². The highest BCUT2D eigenvalue weighted by Gasteiger charge is 2.12. The van der Waals surface area contributed by atoms with E-state index in [0.29, 0.717) is 5.75 Å². The normalized spacial score (nSPS) is 14.2. The molecule has 0 rings (SSSR count). The van der Waals surface area contributed by atoms with Crippen molar-refractivity contribution < 1.29 is 24.6 Å². The summed E-state index contributed by atoms with van der Waals surface area (Å²) >= 11 is 1.28. The number of carbonyl (C=O) groups is 3. The predicted molar refractivity (Wildman–Crippen MR) is 71.9 cm³/mol. The van der Waals surface area contributed by atoms with E-state index >= 15 is 0 Å². The smallest absolute Gasteiger partial charge is 0.321 e. The fourth-order valence-corrected chi connectivity index (χ4v) is 1.81. The molecule has 0 aromatic carbocycles. The van der Waals surface area contributed by atoms with Crippen LogP contribution >= 0.6 is 11.8 Å². The van der Waals surface area contributed by atoms with Gasteiger partial charge in [-0.05, 0) is 12.5 Å². The van der Waals surface area contributed by atoms with Crippen molar-refractivity contribution in [2.75, 3.05) is 11.5 Å². The Morgan fingerprint density at radius 3 is 2.32 bits per heavy atom. The van der Waals surface area contributed by atoms with Gasteiger partial charge in [0.15, 0.2) is 5.78 Å². The topological polar surface area (TPSA) is 144 Å². The number of carbonyl (C=O) groups excluding carboxylic acids is 1. The first kappa shape index (κ1) is 17.6. The van der Waals surface area contributed by atoms with E-state index in [1.165, 1.54) is 17.8 Å². The maximum Gasteiger partial charge on any atom is 0.321 e. The molecule has 6 N–H and O–H groups in total. The lowest BCUT2D eigenvalue weighted by molar-refractivity contribution is -0.138. The Balaban J connectivity index is 3.84. The Bertz CT molecular complexity index is 359. The average Bonchev–Trinajstić information content (AvgIpc) is 2.34. The molecule has 0 aromatic rings. The number of hydrogen-bond acceptors (Lipinski definition) is 6. The van der Waals surface area contributed by atoms with Crippen molar-refractivity contribution >= 4 is 29.5 Å². The van der Waals surface area contributed by atoms with Gasteiger partial charge in [-0.2, -0.15) is 11.8 Å². The standard InChI is InChI=1S/C11H18N2O5S/c12-7(3-4-10(15)16)9(14)2-1-5-19-6-8(13)11(17)18/h1-2,7-8H,3-6,12-13H2,(H,15,16)(H,17,18). The number of nitrogens with two attached hydrogens (primary N) is 2. The Kier molecular flexibility index (Phi) is 8.84. The average molecular weight is 290 g/mol. The fraction of sp³-hybridized carbons (Fsp3) is 0.545. The van der Waals surface area contributed by atoms with Gasteiger partial charge in [-0.25, -0.2) is 0 Å². The first-order valence-corrected chi connectivity index (χ1v) is 6.74. The molecule has 0 radical (unpaired) electrons. The van der Waals surface area contributed by atoms with Gasteiger partial charge in [0, 0.05) is 17.9 Å². The molecule has 0 heterocycles. The molecule has 0 bridgehead atoms. The summed E-state index contributed by atoms with van der Waals surface area (Å²) in [5.74, 6) is -1.71. The number of aliphatic carboxylic acids is 2. The molecular formula is C11H18N2O5S. The lowest BCUT2D eigenvalue weighted by Gasteiger charge is -2.05. The van der Waals surface area contributed by atoms with Crippen LogP contribution in [0.2, 0.25) is 0 Å². The Morgan fingerprint density at radius 1 is 1.16 bits per heavy atom. The van der Waals surface area contributed by atoms with Crippen LogP contribution in [0.25, 0.3) is 0 Å². The van der Waals surface area contributed by atoms with Crippen molar-refractivity contribution in [2.45, 2.75) is 24.9 Å². The van der Waals surface area contributed by atoms with E-state index in [2.05, 4.69) is 0 Å². The second-order valence-electron chi connectivity index (χ2n) is 3.83. The van der Waals surface area contributed by atoms with Crippen molar-refractivity contribution in [1.29, 1.82) is 0 Å². The second-order valence-corrected chi connectivity index (χ2v) is 4.90. The van der Waals surface area contributed by atoms with Crippen LogP contribution in [0.15, 0.2) is 12.2 Å². The highest BCUT2D eigenvalue weighted by molar-refractivity contribution is 7.99. The molecule has 0 spiro atoms. The zero-order valence-electron chi connectivity index (χ0n) is 10.3. The van der Waals surface area contributed by atoms with Gasteiger partial charge in [0.1, 0.15) is 6.04 Å². The third-order valence-electron chi connectivity index (χ3n) is 2.15. The van der Waals surface area contributed by atoms with Crippen LogP contribution in [0.1, 0.15) is 12.8 Å². The minimum atomic E-state index is -1.07. The Labute approximate surface area is 115 Å². The first-order valence-electron chi connectivity index (χ1n) is 5.58. The van der Waals surface area contributed by atoms with Crippen molar-refractivity contribution in [3.63, 3.8) is 0 Å². The summed E-state index contributed by atoms with van der Waals surface area (Å²) in [6.07, 6.45) is 2.78. The summed E-state index contributed by atoms with van der Waals surface area (Å²) in [6, 6.07) is -1.74. The van der Waals surface area contributed by atoms with Gasteiger partial charge in [0.2, 0.25) is 0 Å². The molecule has 0 aliphatic rings. The van der Waals surface area contributed by atoms with Gasteiger partial charge in [-0.15, -0.1) is 0 Å². The van der Waals surface area contributed by atoms with Gasteiger partial charge in [-0.1, -0.05) is 6.08 Å². The van der Waals surface area contributed by atoms with Crippen LogP contribution in [0, 0.1) is 0 Å². The molecule has 8 heteroatoms. The third kappa shape index (κ3) is 9.23. The van der Waals surface area contributed by atoms with E-state index in [9.17, 15) is 14.4 Å². The molecule has 0 aromatic heterocycles. The third-order valence-corrected chi connectivity index (χ3v) is 3.17. The summed E-state index contributed by atoms with van der Waals surface area (Å²) in [7, 11) is 0. The number of thioether (sulfide) groups is 1. The minimum absolute atomic E-state index is 0.0928. The lowest BCUT2D eigenvalue weighted by atomic mass is 10.1. The molecule has 0 aliphatic carbocycles. The molecule has 7 nitrogen and oxygen atoms in total. The maximum atomic E-state index is 11.4. The molecule has 0 saturated carbocycles. The molecule has 0 fully saturated rings. The van der Waals surface area contributed by atoms with Gasteiger partial charge in [0.25, 0.3) is 0 Å². The lowest BCUT2D eigenvalue weighted by Crippen LogP contribution is -2.32. The van der Waals surface area contributed by atoms with Crippen LogP contribution in [-0.2, 0) is 14.4 Å². The summed E-state index contributed by atoms with van der Waals surface area (Å²) in [6.45, 7) is 0. The molecule has 2 unspecified atom stereocenters. The molecule has 0 amide bonds. The number of carboxylic acids is 2. The largest absolute Gasteiger partial charge is 0.481 e. The van der Waals surface area contributed by atoms with Crippen LogP contribution in [0.4, 0.5) is 0 Å². The van der Waals surface area contributed by atoms with E-state index < -0.39 is 24.0 Å². The van der Waals surface area contributed by atoms with E-state index in [4.69, 9.17) is 21.7 Å². The molecule has 2 atom stereocenters. The summed E-state index contributed by atoms with van der Waals surface area (Å²) in [5, 5.41) is 17.0. The summed E-state index contributed by atoms with van der Waals surface area (Å²) < 4.78 is 0. The van der Waals surface area contributed by atoms with Gasteiger partial charge in [0.05, 0.1) is 6.04 Å². The quantitative estimate of drug-likeness (QED) is 0.310. The van der Waals surface area contributed by atoms with E-state index in [0.717, 1.165) is 0 Å². The van der Waals surface area contributed by atoms with Crippen LogP contribution in [-0.4, -0.2) is 51.5 Å². The maximum absolute atomic E-state index is 11.4. The molecular weight excluding hydrogens is 272 g/mol. The number of rotatable bonds is 10. The van der Waals surface area contributed by atoms with Crippen LogP contribution < -0.4 is 11.5 Å². The van der Waals surface area contributed by atoms with Crippen molar-refractivity contribution in [3.8, 4) is 0 Å². The molecule has 19 heavy (non-hydrogen) atoms. The SMILES string of the molecule is NC(CSCC=CC(=O)C(N)CCC(=O)O)C(=O)O. The summed E-state index contributed by atoms with van der Waals surface area (Å²) in [5.41, 5.74) is 10.8. The van der Waals surface area contributed by atoms with Crippen molar-refractivity contribution in [2.24, 2.45) is 11.5 Å². The molecule has 0 saturated heterocycles. The monoisotopic (exact) mass is 290 g/mol. The van der Waals surface area contributed by atoms with Crippen LogP contribution in [0.3, 0.4) is 0 Å². The summed E-state index contributed by atoms with van der Waals surface area (Å²) in [4.78, 5) is 32.1. The van der Waals surface area contributed by atoms with E-state index in [1.54, 1.807) is 6.08 Å². The zero-order chi connectivity index (χ0) is 14.8. The minimum Gasteiger partial charge on any atom is -0.481 e. The Hall–Kier alpha value is -1.38. The first-order chi connectivity index (χ1) is 8.84. The predicted octanol–water partition coefficient (Wildman–Crippen LogP) is -0.551. The number of hydrogen-bond donors (Lipinski definition) is 4. The number of ketones is 1. The van der Waals surface area contributed by atoms with E-state index in [1.807, 2.05) is 0 Å². The highest BCUT2D eigenvalue weighted by Crippen LogP contribution is 2.03. The molecule has 108 valence electrons. The number of carboxylic acid groups (broad SMARTS) is 2. The van der Waals surface area contributed by atoms with Gasteiger partial charge >= 0.3 is 11.9 Å². The second kappa shape index (κ2) is 9.54. The van der Waals surface area contributed by atoms with E-state index in [-0.39, 0.29) is 24.4 Å². The van der Waals surface area contributed by atoms with Gasteiger partial charge < -0.3 is 21.7 Å². The fourth-order valence-electron chi connectivity index (χ4n) is 1.04. The Morgan fingerprint density at radius 2 is 1.79 bits per heavy atom. The van der Waals surface area contributed by atoms with Crippen molar-refractivity contribution in [1.82, 2.24) is 0 Å². The molecule has 0 aliphatic heterocycles. The zero-order valence-corrected chi connectivity index (χ0v) is 11.1. The van der Waals surface area contributed by atoms with Crippen LogP contribution in [0.5, 0.6) is 0 Å².